The highest BCUT2D eigenvalue weighted by Crippen LogP contribution is 2.28. The van der Waals surface area contributed by atoms with Gasteiger partial charge in [0.1, 0.15) is 24.9 Å². The zero-order chi connectivity index (χ0) is 18.8. The van der Waals surface area contributed by atoms with Crippen LogP contribution in [-0.2, 0) is 13.2 Å². The van der Waals surface area contributed by atoms with Crippen LogP contribution in [0.5, 0.6) is 11.5 Å². The summed E-state index contributed by atoms with van der Waals surface area (Å²) in [6, 6.07) is 23.4. The van der Waals surface area contributed by atoms with Crippen LogP contribution in [0.3, 0.4) is 0 Å². The van der Waals surface area contributed by atoms with Gasteiger partial charge in [-0.05, 0) is 36.4 Å². The average Bonchev–Trinajstić information content (AvgIpc) is 3.34. The lowest BCUT2D eigenvalue weighted by Gasteiger charge is -2.11. The van der Waals surface area contributed by atoms with Gasteiger partial charge in [-0.2, -0.15) is 0 Å². The molecule has 28 heavy (non-hydrogen) atoms. The van der Waals surface area contributed by atoms with E-state index < -0.39 is 0 Å². The summed E-state index contributed by atoms with van der Waals surface area (Å²) in [6.07, 6.45) is 0. The molecule has 0 fully saturated rings. The smallest absolute Gasteiger partial charge is 0.161 e. The average molecular weight is 370 g/mol. The molecule has 0 amide bonds. The van der Waals surface area contributed by atoms with E-state index in [1.54, 1.807) is 0 Å². The van der Waals surface area contributed by atoms with Crippen LogP contribution in [0.1, 0.15) is 11.6 Å². The number of ether oxygens (including phenoxy) is 2. The summed E-state index contributed by atoms with van der Waals surface area (Å²) < 4.78 is 11.9. The van der Waals surface area contributed by atoms with Crippen molar-refractivity contribution in [1.82, 2.24) is 19.9 Å². The van der Waals surface area contributed by atoms with Gasteiger partial charge in [-0.15, -0.1) is 0 Å². The zero-order valence-corrected chi connectivity index (χ0v) is 15.1. The number of fused-ring (bicyclic) bond motifs is 2. The van der Waals surface area contributed by atoms with Gasteiger partial charge >= 0.3 is 0 Å². The Bertz CT molecular complexity index is 1080. The Labute approximate surface area is 161 Å². The van der Waals surface area contributed by atoms with Gasteiger partial charge in [-0.25, -0.2) is 9.97 Å². The number of imidazole rings is 2. The number of rotatable bonds is 6. The number of aromatic amines is 2. The van der Waals surface area contributed by atoms with Gasteiger partial charge in [0.15, 0.2) is 11.5 Å². The van der Waals surface area contributed by atoms with Gasteiger partial charge in [0.25, 0.3) is 0 Å². The second kappa shape index (κ2) is 7.08. The third kappa shape index (κ3) is 3.27. The molecule has 2 aromatic heterocycles. The molecule has 0 aliphatic carbocycles. The molecular formula is C22H18N4O2. The fourth-order valence-corrected chi connectivity index (χ4v) is 3.13. The van der Waals surface area contributed by atoms with Crippen LogP contribution in [0.15, 0.2) is 72.8 Å². The zero-order valence-electron chi connectivity index (χ0n) is 15.1. The van der Waals surface area contributed by atoms with Crippen LogP contribution in [0.2, 0.25) is 0 Å². The van der Waals surface area contributed by atoms with Crippen molar-refractivity contribution in [2.75, 3.05) is 0 Å². The third-order valence-corrected chi connectivity index (χ3v) is 4.45. The fraction of sp³-hybridized carbons (Fsp3) is 0.0909. The second-order valence-corrected chi connectivity index (χ2v) is 6.43. The van der Waals surface area contributed by atoms with Crippen molar-refractivity contribution in [3.63, 3.8) is 0 Å². The van der Waals surface area contributed by atoms with Gasteiger partial charge in [0.05, 0.1) is 22.1 Å². The number of hydrogen-bond acceptors (Lipinski definition) is 4. The fourth-order valence-electron chi connectivity index (χ4n) is 3.13. The first-order valence-electron chi connectivity index (χ1n) is 9.07. The molecule has 5 aromatic rings. The van der Waals surface area contributed by atoms with Crippen LogP contribution < -0.4 is 9.47 Å². The Balaban J connectivity index is 1.29. The predicted molar refractivity (Wildman–Crippen MR) is 107 cm³/mol. The third-order valence-electron chi connectivity index (χ3n) is 4.45. The minimum Gasteiger partial charge on any atom is -0.482 e. The van der Waals surface area contributed by atoms with Gasteiger partial charge in [-0.1, -0.05) is 36.4 Å². The Hall–Kier alpha value is -3.80. The number of aromatic nitrogens is 4. The van der Waals surface area contributed by atoms with Crippen LogP contribution in [0.25, 0.3) is 22.1 Å². The molecule has 3 aromatic carbocycles. The van der Waals surface area contributed by atoms with E-state index in [4.69, 9.17) is 9.47 Å². The molecule has 2 N–H and O–H groups in total. The molecular weight excluding hydrogens is 352 g/mol. The summed E-state index contributed by atoms with van der Waals surface area (Å²) in [7, 11) is 0. The lowest BCUT2D eigenvalue weighted by Crippen LogP contribution is -2.02. The van der Waals surface area contributed by atoms with Crippen molar-refractivity contribution in [2.24, 2.45) is 0 Å². The van der Waals surface area contributed by atoms with Gasteiger partial charge in [0, 0.05) is 0 Å². The largest absolute Gasteiger partial charge is 0.482 e. The van der Waals surface area contributed by atoms with Crippen molar-refractivity contribution in [3.05, 3.63) is 84.4 Å². The summed E-state index contributed by atoms with van der Waals surface area (Å²) in [4.78, 5) is 15.6. The maximum absolute atomic E-state index is 5.95. The maximum atomic E-state index is 5.95. The first kappa shape index (κ1) is 16.4. The molecule has 0 aliphatic heterocycles. The molecule has 0 saturated carbocycles. The van der Waals surface area contributed by atoms with E-state index >= 15 is 0 Å². The minimum atomic E-state index is 0.333. The molecule has 0 spiro atoms. The lowest BCUT2D eigenvalue weighted by molar-refractivity contribution is 0.248. The first-order chi connectivity index (χ1) is 13.8. The topological polar surface area (TPSA) is 75.8 Å². The predicted octanol–water partition coefficient (Wildman–Crippen LogP) is 4.60. The van der Waals surface area contributed by atoms with Crippen molar-refractivity contribution in [3.8, 4) is 11.5 Å². The monoisotopic (exact) mass is 370 g/mol. The summed E-state index contributed by atoms with van der Waals surface area (Å²) in [5.74, 6) is 2.87. The van der Waals surface area contributed by atoms with E-state index in [0.29, 0.717) is 24.7 Å². The Morgan fingerprint density at radius 2 is 1.00 bits per heavy atom. The van der Waals surface area contributed by atoms with Crippen LogP contribution in [0, 0.1) is 0 Å². The molecule has 6 nitrogen and oxygen atoms in total. The summed E-state index contributed by atoms with van der Waals surface area (Å²) in [6.45, 7) is 0.666. The molecule has 6 heteroatoms. The Morgan fingerprint density at radius 1 is 0.571 bits per heavy atom. The molecule has 138 valence electrons. The number of hydrogen-bond donors (Lipinski definition) is 2. The van der Waals surface area contributed by atoms with Crippen molar-refractivity contribution in [2.45, 2.75) is 13.2 Å². The van der Waals surface area contributed by atoms with Gasteiger partial charge in [-0.3, -0.25) is 0 Å². The minimum absolute atomic E-state index is 0.333. The number of para-hydroxylation sites is 6. The highest BCUT2D eigenvalue weighted by Gasteiger charge is 2.09. The maximum Gasteiger partial charge on any atom is 0.161 e. The van der Waals surface area contributed by atoms with Crippen LogP contribution >= 0.6 is 0 Å². The van der Waals surface area contributed by atoms with E-state index in [9.17, 15) is 0 Å². The van der Waals surface area contributed by atoms with Gasteiger partial charge < -0.3 is 19.4 Å². The molecule has 0 bridgehead atoms. The molecule has 0 aliphatic rings. The highest BCUT2D eigenvalue weighted by atomic mass is 16.5. The van der Waals surface area contributed by atoms with E-state index in [1.165, 1.54) is 0 Å². The molecule has 5 rings (SSSR count). The van der Waals surface area contributed by atoms with E-state index in [1.807, 2.05) is 72.8 Å². The normalized spacial score (nSPS) is 11.1. The summed E-state index contributed by atoms with van der Waals surface area (Å²) >= 11 is 0. The van der Waals surface area contributed by atoms with E-state index in [0.717, 1.165) is 33.7 Å². The SMILES string of the molecule is c1ccc(OCc2nc3ccccc3[nH]2)c(OCc2nc3ccccc3[nH]2)c1. The van der Waals surface area contributed by atoms with E-state index in [-0.39, 0.29) is 0 Å². The number of nitrogens with zero attached hydrogens (tertiary/aromatic N) is 2. The molecule has 0 atom stereocenters. The number of H-pyrrole nitrogens is 2. The number of nitrogens with one attached hydrogen (secondary N) is 2. The van der Waals surface area contributed by atoms with Crippen molar-refractivity contribution < 1.29 is 9.47 Å². The van der Waals surface area contributed by atoms with Crippen LogP contribution in [-0.4, -0.2) is 19.9 Å². The number of benzene rings is 3. The van der Waals surface area contributed by atoms with Crippen molar-refractivity contribution >= 4 is 22.1 Å². The van der Waals surface area contributed by atoms with E-state index in [2.05, 4.69) is 19.9 Å². The summed E-state index contributed by atoms with van der Waals surface area (Å²) in [5.41, 5.74) is 3.84. The molecule has 0 unspecified atom stereocenters. The lowest BCUT2D eigenvalue weighted by atomic mass is 10.3. The standard InChI is InChI=1S/C22H18N4O2/c1-2-8-16-15(7-1)23-21(24-16)13-27-19-11-5-6-12-20(19)28-14-22-25-17-9-3-4-10-18(17)26-22/h1-12H,13-14H2,(H,23,24)(H,25,26). The summed E-state index contributed by atoms with van der Waals surface area (Å²) in [5, 5.41) is 0. The Morgan fingerprint density at radius 3 is 1.46 bits per heavy atom. The molecule has 0 radical (unpaired) electrons. The molecule has 0 saturated heterocycles. The first-order valence-corrected chi connectivity index (χ1v) is 9.07. The van der Waals surface area contributed by atoms with Gasteiger partial charge in [0.2, 0.25) is 0 Å². The quantitative estimate of drug-likeness (QED) is 0.458. The van der Waals surface area contributed by atoms with Crippen LogP contribution in [0.4, 0.5) is 0 Å². The molecule has 2 heterocycles. The Kier molecular flexibility index (Phi) is 4.14. The highest BCUT2D eigenvalue weighted by molar-refractivity contribution is 5.75. The second-order valence-electron chi connectivity index (χ2n) is 6.43. The van der Waals surface area contributed by atoms with Crippen molar-refractivity contribution in [1.29, 1.82) is 0 Å².